The fraction of sp³-hybridized carbons (Fsp3) is 0.273. The van der Waals surface area contributed by atoms with Gasteiger partial charge in [0.1, 0.15) is 5.69 Å². The monoisotopic (exact) mass is 235 g/mol. The second-order valence-electron chi connectivity index (χ2n) is 3.24. The highest BCUT2D eigenvalue weighted by Gasteiger charge is 2.18. The van der Waals surface area contributed by atoms with Crippen LogP contribution in [0.3, 0.4) is 0 Å². The maximum atomic E-state index is 5.35. The van der Waals surface area contributed by atoms with Gasteiger partial charge in [-0.3, -0.25) is 0 Å². The highest BCUT2D eigenvalue weighted by atomic mass is 16.5. The molecule has 1 heterocycles. The van der Waals surface area contributed by atoms with Gasteiger partial charge in [0.05, 0.1) is 27.5 Å². The van der Waals surface area contributed by atoms with Crippen molar-refractivity contribution in [2.45, 2.75) is 0 Å². The van der Waals surface area contributed by atoms with Gasteiger partial charge in [-0.05, 0) is 12.1 Å². The molecule has 0 bridgehead atoms. The van der Waals surface area contributed by atoms with E-state index in [1.54, 1.807) is 33.6 Å². The average Bonchev–Trinajstić information content (AvgIpc) is 2.90. The Hall–Kier alpha value is -2.24. The SMILES string of the molecule is COc1ccc(-c2cn[nH]n2)c(OC)c1OC. The van der Waals surface area contributed by atoms with E-state index >= 15 is 0 Å². The van der Waals surface area contributed by atoms with Crippen molar-refractivity contribution in [3.8, 4) is 28.5 Å². The second kappa shape index (κ2) is 4.73. The number of aromatic nitrogens is 3. The van der Waals surface area contributed by atoms with Crippen LogP contribution >= 0.6 is 0 Å². The Morgan fingerprint density at radius 3 is 2.29 bits per heavy atom. The molecule has 2 rings (SSSR count). The van der Waals surface area contributed by atoms with E-state index in [-0.39, 0.29) is 0 Å². The number of methoxy groups -OCH3 is 3. The summed E-state index contributed by atoms with van der Waals surface area (Å²) >= 11 is 0. The molecule has 2 aromatic rings. The molecule has 0 saturated carbocycles. The minimum absolute atomic E-state index is 0.538. The van der Waals surface area contributed by atoms with E-state index in [1.807, 2.05) is 6.07 Å². The van der Waals surface area contributed by atoms with Crippen LogP contribution in [-0.2, 0) is 0 Å². The van der Waals surface area contributed by atoms with Gasteiger partial charge in [-0.15, -0.1) is 0 Å². The lowest BCUT2D eigenvalue weighted by Gasteiger charge is -2.14. The van der Waals surface area contributed by atoms with Crippen molar-refractivity contribution in [2.75, 3.05) is 21.3 Å². The summed E-state index contributed by atoms with van der Waals surface area (Å²) in [6.07, 6.45) is 1.61. The van der Waals surface area contributed by atoms with Crippen LogP contribution in [0.4, 0.5) is 0 Å². The van der Waals surface area contributed by atoms with Gasteiger partial charge in [0.25, 0.3) is 0 Å². The molecule has 0 saturated heterocycles. The first-order valence-electron chi connectivity index (χ1n) is 4.97. The summed E-state index contributed by atoms with van der Waals surface area (Å²) in [6.45, 7) is 0. The van der Waals surface area contributed by atoms with Gasteiger partial charge in [-0.25, -0.2) is 0 Å². The number of ether oxygens (including phenoxy) is 3. The summed E-state index contributed by atoms with van der Waals surface area (Å²) in [7, 11) is 4.71. The van der Waals surface area contributed by atoms with Crippen LogP contribution in [0.2, 0.25) is 0 Å². The molecule has 1 aromatic carbocycles. The van der Waals surface area contributed by atoms with Gasteiger partial charge >= 0.3 is 0 Å². The maximum Gasteiger partial charge on any atom is 0.203 e. The fourth-order valence-corrected chi connectivity index (χ4v) is 1.63. The Morgan fingerprint density at radius 2 is 1.76 bits per heavy atom. The quantitative estimate of drug-likeness (QED) is 0.869. The largest absolute Gasteiger partial charge is 0.493 e. The molecule has 0 aliphatic rings. The minimum Gasteiger partial charge on any atom is -0.493 e. The van der Waals surface area contributed by atoms with E-state index < -0.39 is 0 Å². The Kier molecular flexibility index (Phi) is 3.13. The number of H-pyrrole nitrogens is 1. The normalized spacial score (nSPS) is 10.1. The van der Waals surface area contributed by atoms with Gasteiger partial charge in [0.15, 0.2) is 11.5 Å². The third kappa shape index (κ3) is 1.89. The first kappa shape index (κ1) is 11.3. The zero-order chi connectivity index (χ0) is 12.3. The van der Waals surface area contributed by atoms with E-state index in [0.29, 0.717) is 22.9 Å². The fourth-order valence-electron chi connectivity index (χ4n) is 1.63. The molecular weight excluding hydrogens is 222 g/mol. The Morgan fingerprint density at radius 1 is 1.00 bits per heavy atom. The highest BCUT2D eigenvalue weighted by Crippen LogP contribution is 2.43. The van der Waals surface area contributed by atoms with Gasteiger partial charge in [-0.1, -0.05) is 0 Å². The molecule has 0 aliphatic carbocycles. The molecule has 0 amide bonds. The highest BCUT2D eigenvalue weighted by molar-refractivity contribution is 5.73. The minimum atomic E-state index is 0.538. The maximum absolute atomic E-state index is 5.35. The van der Waals surface area contributed by atoms with E-state index in [9.17, 15) is 0 Å². The van der Waals surface area contributed by atoms with Crippen molar-refractivity contribution < 1.29 is 14.2 Å². The first-order chi connectivity index (χ1) is 8.31. The summed E-state index contributed by atoms with van der Waals surface area (Å²) in [5, 5.41) is 10.3. The van der Waals surface area contributed by atoms with Crippen LogP contribution in [0, 0.1) is 0 Å². The number of aromatic amines is 1. The Labute approximate surface area is 98.5 Å². The topological polar surface area (TPSA) is 69.3 Å². The number of rotatable bonds is 4. The zero-order valence-electron chi connectivity index (χ0n) is 9.85. The van der Waals surface area contributed by atoms with Crippen LogP contribution in [0.5, 0.6) is 17.2 Å². The molecule has 1 N–H and O–H groups in total. The van der Waals surface area contributed by atoms with Crippen molar-refractivity contribution in [3.05, 3.63) is 18.3 Å². The molecule has 0 atom stereocenters. The van der Waals surface area contributed by atoms with Gasteiger partial charge < -0.3 is 14.2 Å². The lowest BCUT2D eigenvalue weighted by atomic mass is 10.1. The molecule has 6 nitrogen and oxygen atoms in total. The predicted octanol–water partition coefficient (Wildman–Crippen LogP) is 1.50. The molecule has 6 heteroatoms. The van der Waals surface area contributed by atoms with Crippen molar-refractivity contribution >= 4 is 0 Å². The summed E-state index contributed by atoms with van der Waals surface area (Å²) in [4.78, 5) is 0. The zero-order valence-corrected chi connectivity index (χ0v) is 9.85. The van der Waals surface area contributed by atoms with Crippen LogP contribution in [-0.4, -0.2) is 36.7 Å². The van der Waals surface area contributed by atoms with Crippen molar-refractivity contribution in [1.82, 2.24) is 15.4 Å². The number of benzene rings is 1. The van der Waals surface area contributed by atoms with E-state index in [1.165, 1.54) is 0 Å². The van der Waals surface area contributed by atoms with Gasteiger partial charge in [0.2, 0.25) is 5.75 Å². The number of hydrogen-bond donors (Lipinski definition) is 1. The van der Waals surface area contributed by atoms with Crippen molar-refractivity contribution in [3.63, 3.8) is 0 Å². The van der Waals surface area contributed by atoms with Crippen LogP contribution in [0.1, 0.15) is 0 Å². The first-order valence-corrected chi connectivity index (χ1v) is 4.97. The molecule has 1 aromatic heterocycles. The molecular formula is C11H13N3O3. The van der Waals surface area contributed by atoms with Crippen LogP contribution in [0.25, 0.3) is 11.3 Å². The third-order valence-electron chi connectivity index (χ3n) is 2.40. The molecule has 0 fully saturated rings. The summed E-state index contributed by atoms with van der Waals surface area (Å²) in [5.74, 6) is 1.72. The van der Waals surface area contributed by atoms with Gasteiger partial charge in [-0.2, -0.15) is 15.4 Å². The standard InChI is InChI=1S/C11H13N3O3/c1-15-9-5-4-7(8-6-12-14-13-8)10(16-2)11(9)17-3/h4-6H,1-3H3,(H,12,13,14). The number of hydrogen-bond acceptors (Lipinski definition) is 5. The number of nitrogens with one attached hydrogen (secondary N) is 1. The van der Waals surface area contributed by atoms with Crippen molar-refractivity contribution in [2.24, 2.45) is 0 Å². The van der Waals surface area contributed by atoms with E-state index in [0.717, 1.165) is 5.56 Å². The number of nitrogens with zero attached hydrogens (tertiary/aromatic N) is 2. The molecule has 0 radical (unpaired) electrons. The van der Waals surface area contributed by atoms with E-state index in [2.05, 4.69) is 15.4 Å². The predicted molar refractivity (Wildman–Crippen MR) is 61.5 cm³/mol. The molecule has 90 valence electrons. The smallest absolute Gasteiger partial charge is 0.203 e. The Bertz CT molecular complexity index is 497. The molecule has 17 heavy (non-hydrogen) atoms. The van der Waals surface area contributed by atoms with Crippen molar-refractivity contribution in [1.29, 1.82) is 0 Å². The average molecular weight is 235 g/mol. The van der Waals surface area contributed by atoms with E-state index in [4.69, 9.17) is 14.2 Å². The van der Waals surface area contributed by atoms with Crippen LogP contribution < -0.4 is 14.2 Å². The van der Waals surface area contributed by atoms with Gasteiger partial charge in [0, 0.05) is 5.56 Å². The molecule has 0 aliphatic heterocycles. The Balaban J connectivity index is 2.61. The second-order valence-corrected chi connectivity index (χ2v) is 3.24. The summed E-state index contributed by atoms with van der Waals surface area (Å²) in [6, 6.07) is 3.64. The summed E-state index contributed by atoms with van der Waals surface area (Å²) < 4.78 is 15.8. The molecule has 0 spiro atoms. The summed E-state index contributed by atoms with van der Waals surface area (Å²) in [5.41, 5.74) is 1.47. The molecule has 0 unspecified atom stereocenters. The van der Waals surface area contributed by atoms with Crippen LogP contribution in [0.15, 0.2) is 18.3 Å². The lowest BCUT2D eigenvalue weighted by molar-refractivity contribution is 0.325. The lowest BCUT2D eigenvalue weighted by Crippen LogP contribution is -1.97. The third-order valence-corrected chi connectivity index (χ3v) is 2.40.